The predicted molar refractivity (Wildman–Crippen MR) is 77.8 cm³/mol. The van der Waals surface area contributed by atoms with Gasteiger partial charge in [-0.1, -0.05) is 13.8 Å². The van der Waals surface area contributed by atoms with Crippen LogP contribution in [0, 0.1) is 5.92 Å². The first kappa shape index (κ1) is 15.5. The van der Waals surface area contributed by atoms with Crippen molar-refractivity contribution < 1.29 is 12.8 Å². The Kier molecular flexibility index (Phi) is 5.23. The summed E-state index contributed by atoms with van der Waals surface area (Å²) >= 11 is 0. The first-order chi connectivity index (χ1) is 9.51. The van der Waals surface area contributed by atoms with E-state index in [1.54, 1.807) is 6.07 Å². The number of furan rings is 1. The summed E-state index contributed by atoms with van der Waals surface area (Å²) in [5.74, 6) is 1.34. The molecular weight excluding hydrogens is 276 g/mol. The van der Waals surface area contributed by atoms with E-state index in [1.165, 1.54) is 6.07 Å². The van der Waals surface area contributed by atoms with Gasteiger partial charge in [0.15, 0.2) is 0 Å². The largest absolute Gasteiger partial charge is 0.447 e. The third-order valence-electron chi connectivity index (χ3n) is 3.79. The van der Waals surface area contributed by atoms with Crippen molar-refractivity contribution >= 4 is 10.0 Å². The summed E-state index contributed by atoms with van der Waals surface area (Å²) in [6.07, 6.45) is 3.98. The third-order valence-corrected chi connectivity index (χ3v) is 5.18. The van der Waals surface area contributed by atoms with Gasteiger partial charge in [-0.05, 0) is 50.3 Å². The Balaban J connectivity index is 1.97. The molecule has 1 aromatic rings. The van der Waals surface area contributed by atoms with Crippen LogP contribution in [0.2, 0.25) is 0 Å². The summed E-state index contributed by atoms with van der Waals surface area (Å²) in [4.78, 5) is 0. The lowest BCUT2D eigenvalue weighted by Gasteiger charge is -2.26. The van der Waals surface area contributed by atoms with Crippen LogP contribution in [0.4, 0.5) is 0 Å². The molecule has 1 aromatic heterocycles. The van der Waals surface area contributed by atoms with Crippen LogP contribution in [0.25, 0.3) is 0 Å². The Morgan fingerprint density at radius 2 is 1.95 bits per heavy atom. The minimum absolute atomic E-state index is 0.0176. The van der Waals surface area contributed by atoms with Crippen molar-refractivity contribution in [3.63, 3.8) is 0 Å². The molecule has 1 aliphatic carbocycles. The second-order valence-electron chi connectivity index (χ2n) is 5.58. The molecule has 5 nitrogen and oxygen atoms in total. The summed E-state index contributed by atoms with van der Waals surface area (Å²) in [5, 5.41) is 3.12. The third kappa shape index (κ3) is 4.07. The second-order valence-corrected chi connectivity index (χ2v) is 7.22. The van der Waals surface area contributed by atoms with Crippen LogP contribution >= 0.6 is 0 Å². The fourth-order valence-corrected chi connectivity index (χ4v) is 3.76. The Bertz CT molecular complexity index is 516. The fourth-order valence-electron chi connectivity index (χ4n) is 2.50. The standard InChI is InChI=1S/C14H24N2O3S/c1-3-15-10-13-8-9-14(19-13)20(17,18)16-12-6-4-11(2)5-7-12/h8-9,11-12,15-16H,3-7,10H2,1-2H3. The van der Waals surface area contributed by atoms with Crippen LogP contribution in [-0.2, 0) is 16.6 Å². The predicted octanol–water partition coefficient (Wildman–Crippen LogP) is 2.25. The zero-order valence-electron chi connectivity index (χ0n) is 12.2. The van der Waals surface area contributed by atoms with Crippen LogP contribution in [0.15, 0.2) is 21.6 Å². The molecule has 0 spiro atoms. The molecule has 0 radical (unpaired) electrons. The maximum atomic E-state index is 12.2. The Morgan fingerprint density at radius 1 is 1.25 bits per heavy atom. The average Bonchev–Trinajstić information content (AvgIpc) is 2.88. The number of nitrogens with one attached hydrogen (secondary N) is 2. The molecule has 0 saturated heterocycles. The normalized spacial score (nSPS) is 23.9. The Morgan fingerprint density at radius 3 is 2.60 bits per heavy atom. The van der Waals surface area contributed by atoms with Crippen molar-refractivity contribution in [2.45, 2.75) is 57.2 Å². The van der Waals surface area contributed by atoms with Gasteiger partial charge in [-0.2, -0.15) is 0 Å². The highest BCUT2D eigenvalue weighted by Crippen LogP contribution is 2.25. The molecular formula is C14H24N2O3S. The lowest BCUT2D eigenvalue weighted by atomic mass is 9.88. The van der Waals surface area contributed by atoms with Crippen LogP contribution in [-0.4, -0.2) is 21.0 Å². The smallest absolute Gasteiger partial charge is 0.274 e. The maximum absolute atomic E-state index is 12.2. The van der Waals surface area contributed by atoms with Crippen molar-refractivity contribution in [2.75, 3.05) is 6.54 Å². The topological polar surface area (TPSA) is 71.3 Å². The van der Waals surface area contributed by atoms with Gasteiger partial charge in [-0.25, -0.2) is 13.1 Å². The molecule has 0 atom stereocenters. The van der Waals surface area contributed by atoms with Crippen molar-refractivity contribution in [3.05, 3.63) is 17.9 Å². The van der Waals surface area contributed by atoms with Gasteiger partial charge in [0.05, 0.1) is 6.54 Å². The lowest BCUT2D eigenvalue weighted by Crippen LogP contribution is -2.37. The summed E-state index contributed by atoms with van der Waals surface area (Å²) in [6, 6.07) is 3.28. The number of rotatable bonds is 6. The zero-order valence-corrected chi connectivity index (χ0v) is 13.0. The molecule has 0 aliphatic heterocycles. The molecule has 1 aliphatic rings. The minimum Gasteiger partial charge on any atom is -0.447 e. The highest BCUT2D eigenvalue weighted by atomic mass is 32.2. The molecule has 2 N–H and O–H groups in total. The van der Waals surface area contributed by atoms with E-state index < -0.39 is 10.0 Å². The Labute approximate surface area is 121 Å². The molecule has 114 valence electrons. The highest BCUT2D eigenvalue weighted by molar-refractivity contribution is 7.89. The SMILES string of the molecule is CCNCc1ccc(S(=O)(=O)NC2CCC(C)CC2)o1. The zero-order chi connectivity index (χ0) is 14.6. The van der Waals surface area contributed by atoms with Gasteiger partial charge in [0.1, 0.15) is 5.76 Å². The van der Waals surface area contributed by atoms with Gasteiger partial charge in [0.2, 0.25) is 5.09 Å². The summed E-state index contributed by atoms with van der Waals surface area (Å²) in [6.45, 7) is 5.57. The summed E-state index contributed by atoms with van der Waals surface area (Å²) < 4.78 is 32.6. The first-order valence-electron chi connectivity index (χ1n) is 7.33. The number of hydrogen-bond acceptors (Lipinski definition) is 4. The molecule has 0 aromatic carbocycles. The quantitative estimate of drug-likeness (QED) is 0.845. The van der Waals surface area contributed by atoms with E-state index in [9.17, 15) is 8.42 Å². The molecule has 6 heteroatoms. The Hall–Kier alpha value is -0.850. The molecule has 0 bridgehead atoms. The maximum Gasteiger partial charge on any atom is 0.274 e. The van der Waals surface area contributed by atoms with Gasteiger partial charge >= 0.3 is 0 Å². The van der Waals surface area contributed by atoms with E-state index in [1.807, 2.05) is 6.92 Å². The highest BCUT2D eigenvalue weighted by Gasteiger charge is 2.26. The van der Waals surface area contributed by atoms with Gasteiger partial charge in [-0.15, -0.1) is 0 Å². The molecule has 0 unspecified atom stereocenters. The van der Waals surface area contributed by atoms with Crippen LogP contribution < -0.4 is 10.0 Å². The average molecular weight is 300 g/mol. The van der Waals surface area contributed by atoms with Gasteiger partial charge in [0.25, 0.3) is 10.0 Å². The molecule has 1 fully saturated rings. The minimum atomic E-state index is -3.53. The summed E-state index contributed by atoms with van der Waals surface area (Å²) in [7, 11) is -3.53. The fraction of sp³-hybridized carbons (Fsp3) is 0.714. The van der Waals surface area contributed by atoms with Crippen molar-refractivity contribution in [2.24, 2.45) is 5.92 Å². The van der Waals surface area contributed by atoms with E-state index in [0.717, 1.165) is 32.2 Å². The van der Waals surface area contributed by atoms with Crippen LogP contribution in [0.3, 0.4) is 0 Å². The number of sulfonamides is 1. The molecule has 0 amide bonds. The van der Waals surface area contributed by atoms with Gasteiger partial charge in [-0.3, -0.25) is 0 Å². The van der Waals surface area contributed by atoms with Gasteiger partial charge < -0.3 is 9.73 Å². The lowest BCUT2D eigenvalue weighted by molar-refractivity contribution is 0.328. The van der Waals surface area contributed by atoms with E-state index in [4.69, 9.17) is 4.42 Å². The first-order valence-corrected chi connectivity index (χ1v) is 8.81. The van der Waals surface area contributed by atoms with Crippen LogP contribution in [0.5, 0.6) is 0 Å². The molecule has 2 rings (SSSR count). The van der Waals surface area contributed by atoms with E-state index in [0.29, 0.717) is 18.2 Å². The van der Waals surface area contributed by atoms with E-state index >= 15 is 0 Å². The molecule has 1 heterocycles. The molecule has 1 saturated carbocycles. The van der Waals surface area contributed by atoms with Gasteiger partial charge in [0, 0.05) is 6.04 Å². The second kappa shape index (κ2) is 6.74. The van der Waals surface area contributed by atoms with Crippen molar-refractivity contribution in [1.29, 1.82) is 0 Å². The monoisotopic (exact) mass is 300 g/mol. The van der Waals surface area contributed by atoms with E-state index in [-0.39, 0.29) is 11.1 Å². The summed E-state index contributed by atoms with van der Waals surface area (Å²) in [5.41, 5.74) is 0. The van der Waals surface area contributed by atoms with E-state index in [2.05, 4.69) is 17.0 Å². The number of hydrogen-bond donors (Lipinski definition) is 2. The van der Waals surface area contributed by atoms with Crippen LogP contribution in [0.1, 0.15) is 45.3 Å². The molecule has 20 heavy (non-hydrogen) atoms. The van der Waals surface area contributed by atoms with Crippen molar-refractivity contribution in [1.82, 2.24) is 10.0 Å². The van der Waals surface area contributed by atoms with Crippen molar-refractivity contribution in [3.8, 4) is 0 Å².